The number of carboxylic acid groups (broad SMARTS) is 1. The summed E-state index contributed by atoms with van der Waals surface area (Å²) in [5, 5.41) is 16.2. The second-order valence-electron chi connectivity index (χ2n) is 4.85. The van der Waals surface area contributed by atoms with E-state index in [4.69, 9.17) is 0 Å². The first-order chi connectivity index (χ1) is 9.47. The van der Waals surface area contributed by atoms with Crippen molar-refractivity contribution in [2.45, 2.75) is 25.8 Å². The molecule has 7 nitrogen and oxygen atoms in total. The van der Waals surface area contributed by atoms with Gasteiger partial charge in [-0.2, -0.15) is 5.10 Å². The molecule has 0 aliphatic carbocycles. The largest absolute Gasteiger partial charge is 0.479 e. The highest BCUT2D eigenvalue weighted by Crippen LogP contribution is 2.20. The fourth-order valence-corrected chi connectivity index (χ4v) is 1.79. The molecule has 0 saturated carbocycles. The lowest BCUT2D eigenvalue weighted by molar-refractivity contribution is -0.138. The first kappa shape index (κ1) is 14.0. The lowest BCUT2D eigenvalue weighted by Gasteiger charge is -2.14. The number of hydrogen-bond acceptors (Lipinski definition) is 5. The summed E-state index contributed by atoms with van der Waals surface area (Å²) in [5.74, 6) is -0.247. The molecule has 1 atom stereocenters. The third kappa shape index (κ3) is 3.11. The third-order valence-electron chi connectivity index (χ3n) is 2.88. The minimum Gasteiger partial charge on any atom is -0.479 e. The number of carboxylic acids is 1. The van der Waals surface area contributed by atoms with E-state index in [9.17, 15) is 9.90 Å². The molecule has 0 fully saturated rings. The van der Waals surface area contributed by atoms with E-state index in [2.05, 4.69) is 20.4 Å². The van der Waals surface area contributed by atoms with Crippen LogP contribution in [0, 0.1) is 0 Å². The molecule has 0 aliphatic rings. The fraction of sp³-hybridized carbons (Fsp3) is 0.385. The Labute approximate surface area is 116 Å². The van der Waals surface area contributed by atoms with Gasteiger partial charge in [0, 0.05) is 30.6 Å². The van der Waals surface area contributed by atoms with E-state index in [1.165, 1.54) is 12.5 Å². The molecule has 7 heteroatoms. The Morgan fingerprint density at radius 1 is 1.40 bits per heavy atom. The second kappa shape index (κ2) is 5.68. The molecular formula is C13H17N5O2. The molecule has 20 heavy (non-hydrogen) atoms. The van der Waals surface area contributed by atoms with Gasteiger partial charge in [-0.05, 0) is 5.92 Å². The monoisotopic (exact) mass is 275 g/mol. The van der Waals surface area contributed by atoms with Crippen LogP contribution in [-0.2, 0) is 11.8 Å². The van der Waals surface area contributed by atoms with Crippen molar-refractivity contribution in [2.24, 2.45) is 7.05 Å². The number of rotatable bonds is 5. The Morgan fingerprint density at radius 3 is 2.70 bits per heavy atom. The minimum absolute atomic E-state index is 0.250. The van der Waals surface area contributed by atoms with Gasteiger partial charge in [-0.3, -0.25) is 4.68 Å². The first-order valence-corrected chi connectivity index (χ1v) is 6.27. The molecule has 2 heterocycles. The number of aliphatic carboxylic acids is 1. The number of aromatic nitrogens is 4. The van der Waals surface area contributed by atoms with Crippen LogP contribution >= 0.6 is 0 Å². The van der Waals surface area contributed by atoms with Crippen LogP contribution in [0.25, 0.3) is 0 Å². The van der Waals surface area contributed by atoms with Crippen LogP contribution in [0.5, 0.6) is 0 Å². The Kier molecular flexibility index (Phi) is 3.97. The van der Waals surface area contributed by atoms with Crippen molar-refractivity contribution >= 4 is 11.8 Å². The smallest absolute Gasteiger partial charge is 0.330 e. The highest BCUT2D eigenvalue weighted by Gasteiger charge is 2.21. The molecule has 2 rings (SSSR count). The zero-order valence-electron chi connectivity index (χ0n) is 11.6. The van der Waals surface area contributed by atoms with Gasteiger partial charge in [-0.15, -0.1) is 0 Å². The molecule has 0 radical (unpaired) electrons. The molecular weight excluding hydrogens is 258 g/mol. The van der Waals surface area contributed by atoms with Gasteiger partial charge < -0.3 is 10.4 Å². The van der Waals surface area contributed by atoms with Crippen LogP contribution < -0.4 is 5.32 Å². The molecule has 2 aromatic rings. The number of hydrogen-bond donors (Lipinski definition) is 2. The highest BCUT2D eigenvalue weighted by atomic mass is 16.4. The molecule has 0 spiro atoms. The number of aryl methyl sites for hydroxylation is 1. The molecule has 0 aromatic carbocycles. The van der Waals surface area contributed by atoms with Crippen LogP contribution in [-0.4, -0.2) is 30.8 Å². The molecule has 0 saturated heterocycles. The predicted octanol–water partition coefficient (Wildman–Crippen LogP) is 1.57. The van der Waals surface area contributed by atoms with Crippen molar-refractivity contribution in [3.05, 3.63) is 36.0 Å². The van der Waals surface area contributed by atoms with Crippen LogP contribution in [0.4, 0.5) is 5.82 Å². The van der Waals surface area contributed by atoms with Gasteiger partial charge in [0.2, 0.25) is 0 Å². The molecule has 0 amide bonds. The van der Waals surface area contributed by atoms with E-state index in [0.717, 1.165) is 5.69 Å². The van der Waals surface area contributed by atoms with E-state index in [1.807, 2.05) is 13.8 Å². The average molecular weight is 275 g/mol. The lowest BCUT2D eigenvalue weighted by Crippen LogP contribution is -2.21. The zero-order chi connectivity index (χ0) is 14.7. The van der Waals surface area contributed by atoms with Crippen molar-refractivity contribution in [3.63, 3.8) is 0 Å². The zero-order valence-corrected chi connectivity index (χ0v) is 11.6. The summed E-state index contributed by atoms with van der Waals surface area (Å²) in [7, 11) is 1.74. The van der Waals surface area contributed by atoms with E-state index < -0.39 is 12.0 Å². The number of nitrogens with zero attached hydrogens (tertiary/aromatic N) is 4. The Morgan fingerprint density at radius 2 is 2.15 bits per heavy atom. The Balaban J connectivity index is 2.25. The van der Waals surface area contributed by atoms with Crippen LogP contribution in [0.3, 0.4) is 0 Å². The first-order valence-electron chi connectivity index (χ1n) is 6.27. The van der Waals surface area contributed by atoms with Crippen molar-refractivity contribution < 1.29 is 9.90 Å². The van der Waals surface area contributed by atoms with E-state index >= 15 is 0 Å². The van der Waals surface area contributed by atoms with Crippen molar-refractivity contribution in [1.29, 1.82) is 0 Å². The number of anilines is 1. The van der Waals surface area contributed by atoms with Gasteiger partial charge in [0.05, 0.1) is 6.20 Å². The maximum atomic E-state index is 11.4. The van der Waals surface area contributed by atoms with Crippen molar-refractivity contribution in [1.82, 2.24) is 19.7 Å². The molecule has 2 N–H and O–H groups in total. The summed E-state index contributed by atoms with van der Waals surface area (Å²) in [4.78, 5) is 19.6. The lowest BCUT2D eigenvalue weighted by atomic mass is 10.1. The van der Waals surface area contributed by atoms with Gasteiger partial charge >= 0.3 is 5.97 Å². The maximum absolute atomic E-state index is 11.4. The average Bonchev–Trinajstić information content (AvgIpc) is 2.82. The number of nitrogens with one attached hydrogen (secondary N) is 1. The number of carbonyl (C=O) groups is 1. The second-order valence-corrected chi connectivity index (χ2v) is 4.85. The molecule has 1 unspecified atom stereocenters. The van der Waals surface area contributed by atoms with Gasteiger partial charge in [0.15, 0.2) is 6.04 Å². The van der Waals surface area contributed by atoms with Crippen LogP contribution in [0.15, 0.2) is 24.8 Å². The highest BCUT2D eigenvalue weighted by molar-refractivity contribution is 5.78. The standard InChI is InChI=1S/C13H17N5O2/c1-8(2)10-4-11(15-7-14-10)17-12(13(19)20)9-5-16-18(3)6-9/h4-8,12H,1-3H3,(H,19,20)(H,14,15,17). The Bertz CT molecular complexity index is 608. The fourth-order valence-electron chi connectivity index (χ4n) is 1.79. The molecule has 2 aromatic heterocycles. The summed E-state index contributed by atoms with van der Waals surface area (Å²) in [6.07, 6.45) is 4.62. The van der Waals surface area contributed by atoms with Gasteiger partial charge in [-0.1, -0.05) is 13.8 Å². The van der Waals surface area contributed by atoms with E-state index in [-0.39, 0.29) is 5.92 Å². The topological polar surface area (TPSA) is 92.9 Å². The van der Waals surface area contributed by atoms with E-state index in [0.29, 0.717) is 11.4 Å². The summed E-state index contributed by atoms with van der Waals surface area (Å²) >= 11 is 0. The Hall–Kier alpha value is -2.44. The summed E-state index contributed by atoms with van der Waals surface area (Å²) < 4.78 is 1.56. The summed E-state index contributed by atoms with van der Waals surface area (Å²) in [5.41, 5.74) is 1.43. The minimum atomic E-state index is -0.984. The van der Waals surface area contributed by atoms with Gasteiger partial charge in [-0.25, -0.2) is 14.8 Å². The predicted molar refractivity (Wildman–Crippen MR) is 73.3 cm³/mol. The quantitative estimate of drug-likeness (QED) is 0.860. The van der Waals surface area contributed by atoms with Crippen LogP contribution in [0.2, 0.25) is 0 Å². The van der Waals surface area contributed by atoms with Gasteiger partial charge in [0.1, 0.15) is 12.1 Å². The van der Waals surface area contributed by atoms with Crippen LogP contribution in [0.1, 0.15) is 37.1 Å². The normalized spacial score (nSPS) is 12.4. The van der Waals surface area contributed by atoms with Crippen molar-refractivity contribution in [3.8, 4) is 0 Å². The molecule has 0 aliphatic heterocycles. The van der Waals surface area contributed by atoms with Gasteiger partial charge in [0.25, 0.3) is 0 Å². The van der Waals surface area contributed by atoms with Crippen molar-refractivity contribution in [2.75, 3.05) is 5.32 Å². The summed E-state index contributed by atoms with van der Waals surface area (Å²) in [6, 6.07) is 0.871. The third-order valence-corrected chi connectivity index (χ3v) is 2.88. The SMILES string of the molecule is CC(C)c1cc(NC(C(=O)O)c2cnn(C)c2)ncn1. The van der Waals surface area contributed by atoms with E-state index in [1.54, 1.807) is 24.0 Å². The maximum Gasteiger partial charge on any atom is 0.330 e. The molecule has 0 bridgehead atoms. The summed E-state index contributed by atoms with van der Waals surface area (Å²) in [6.45, 7) is 4.03. The molecule has 106 valence electrons.